The van der Waals surface area contributed by atoms with Gasteiger partial charge in [0.2, 0.25) is 0 Å². The van der Waals surface area contributed by atoms with E-state index in [9.17, 15) is 9.90 Å². The van der Waals surface area contributed by atoms with Crippen LogP contribution in [0, 0.1) is 0 Å². The van der Waals surface area contributed by atoms with E-state index in [-0.39, 0.29) is 5.78 Å². The summed E-state index contributed by atoms with van der Waals surface area (Å²) in [7, 11) is 0. The van der Waals surface area contributed by atoms with Crippen molar-refractivity contribution in [2.24, 2.45) is 0 Å². The van der Waals surface area contributed by atoms with Gasteiger partial charge in [-0.05, 0) is 5.56 Å². The van der Waals surface area contributed by atoms with Crippen LogP contribution in [-0.2, 0) is 4.79 Å². The number of carbonyl (C=O) groups excluding carboxylic acids is 1. The summed E-state index contributed by atoms with van der Waals surface area (Å²) in [5.74, 6) is 0.0151. The number of rotatable bonds is 4. The lowest BCUT2D eigenvalue weighted by Gasteiger charge is -2.15. The van der Waals surface area contributed by atoms with Crippen LogP contribution in [0.1, 0.15) is 25.0 Å². The molecule has 0 radical (unpaired) electrons. The normalized spacial score (nSPS) is 14.8. The van der Waals surface area contributed by atoms with Gasteiger partial charge in [-0.1, -0.05) is 53.2 Å². The molecule has 2 nitrogen and oxygen atoms in total. The minimum absolute atomic E-state index is 0.0151. The molecule has 0 saturated carbocycles. The molecular formula is C11H13BrO2. The first-order valence-electron chi connectivity index (χ1n) is 4.56. The van der Waals surface area contributed by atoms with Crippen LogP contribution in [0.2, 0.25) is 0 Å². The molecule has 0 aliphatic rings. The number of Topliss-reactive ketones (excluding diaryl/α,β-unsaturated/α-hetero) is 1. The Labute approximate surface area is 92.1 Å². The second kappa shape index (κ2) is 5.27. The molecule has 0 spiro atoms. The first kappa shape index (κ1) is 11.4. The predicted octanol–water partition coefficient (Wildman–Crippen LogP) is 2.46. The molecule has 76 valence electrons. The highest BCUT2D eigenvalue weighted by Crippen LogP contribution is 2.23. The van der Waals surface area contributed by atoms with E-state index in [1.807, 2.05) is 30.3 Å². The highest BCUT2D eigenvalue weighted by atomic mass is 79.9. The van der Waals surface area contributed by atoms with Gasteiger partial charge in [0, 0.05) is 6.42 Å². The van der Waals surface area contributed by atoms with Crippen LogP contribution in [0.3, 0.4) is 0 Å². The van der Waals surface area contributed by atoms with Crippen molar-refractivity contribution in [2.45, 2.75) is 24.3 Å². The van der Waals surface area contributed by atoms with Gasteiger partial charge >= 0.3 is 0 Å². The lowest BCUT2D eigenvalue weighted by Crippen LogP contribution is -2.21. The third-order valence-corrected chi connectivity index (χ3v) is 3.09. The molecule has 0 bridgehead atoms. The van der Waals surface area contributed by atoms with E-state index >= 15 is 0 Å². The average Bonchev–Trinajstić information content (AvgIpc) is 2.27. The number of benzene rings is 1. The fourth-order valence-corrected chi connectivity index (χ4v) is 1.82. The monoisotopic (exact) mass is 256 g/mol. The lowest BCUT2D eigenvalue weighted by molar-refractivity contribution is -0.119. The van der Waals surface area contributed by atoms with Crippen molar-refractivity contribution in [3.63, 3.8) is 0 Å². The van der Waals surface area contributed by atoms with E-state index in [0.29, 0.717) is 6.42 Å². The van der Waals surface area contributed by atoms with Gasteiger partial charge in [-0.15, -0.1) is 0 Å². The number of halogens is 1. The molecule has 1 aromatic carbocycles. The first-order valence-corrected chi connectivity index (χ1v) is 5.48. The zero-order chi connectivity index (χ0) is 10.6. The van der Waals surface area contributed by atoms with Crippen molar-refractivity contribution in [1.82, 2.24) is 0 Å². The molecule has 0 saturated heterocycles. The molecule has 0 aliphatic carbocycles. The molecule has 1 aromatic rings. The second-order valence-electron chi connectivity index (χ2n) is 3.08. The summed E-state index contributed by atoms with van der Waals surface area (Å²) in [4.78, 5) is 10.8. The zero-order valence-corrected chi connectivity index (χ0v) is 9.57. The van der Waals surface area contributed by atoms with Gasteiger partial charge < -0.3 is 5.11 Å². The fraction of sp³-hybridized carbons (Fsp3) is 0.364. The van der Waals surface area contributed by atoms with Crippen LogP contribution in [-0.4, -0.2) is 15.7 Å². The topological polar surface area (TPSA) is 37.3 Å². The number of aliphatic hydroxyl groups is 1. The maximum absolute atomic E-state index is 11.3. The lowest BCUT2D eigenvalue weighted by atomic mass is 10.0. The maximum Gasteiger partial charge on any atom is 0.149 e. The Morgan fingerprint density at radius 1 is 1.43 bits per heavy atom. The molecule has 14 heavy (non-hydrogen) atoms. The number of carbonyl (C=O) groups is 1. The van der Waals surface area contributed by atoms with Crippen molar-refractivity contribution in [1.29, 1.82) is 0 Å². The Bertz CT molecular complexity index is 297. The average molecular weight is 257 g/mol. The second-order valence-corrected chi connectivity index (χ2v) is 4.06. The SMILES string of the molecule is CCC(=O)[C@H](Br)[C@H](O)c1ccccc1. The van der Waals surface area contributed by atoms with Gasteiger partial charge in [0.05, 0.1) is 6.10 Å². The molecule has 3 heteroatoms. The third-order valence-electron chi connectivity index (χ3n) is 2.07. The van der Waals surface area contributed by atoms with Gasteiger partial charge in [0.15, 0.2) is 0 Å². The number of hydrogen-bond acceptors (Lipinski definition) is 2. The standard InChI is InChI=1S/C11H13BrO2/c1-2-9(13)10(12)11(14)8-6-4-3-5-7-8/h3-7,10-11,14H,2H2,1H3/t10-,11+/m0/s1. The van der Waals surface area contributed by atoms with Crippen molar-refractivity contribution in [3.8, 4) is 0 Å². The van der Waals surface area contributed by atoms with Gasteiger partial charge in [0.1, 0.15) is 10.6 Å². The van der Waals surface area contributed by atoms with Crippen molar-refractivity contribution >= 4 is 21.7 Å². The molecule has 1 rings (SSSR count). The molecule has 0 aromatic heterocycles. The van der Waals surface area contributed by atoms with E-state index in [4.69, 9.17) is 0 Å². The summed E-state index contributed by atoms with van der Waals surface area (Å²) in [6.07, 6.45) is -0.330. The van der Waals surface area contributed by atoms with E-state index in [2.05, 4.69) is 15.9 Å². The molecule has 0 fully saturated rings. The predicted molar refractivity (Wildman–Crippen MR) is 59.4 cm³/mol. The summed E-state index contributed by atoms with van der Waals surface area (Å²) in [5.41, 5.74) is 0.760. The molecule has 0 heterocycles. The van der Waals surface area contributed by atoms with Gasteiger partial charge in [0.25, 0.3) is 0 Å². The Morgan fingerprint density at radius 3 is 2.50 bits per heavy atom. The highest BCUT2D eigenvalue weighted by Gasteiger charge is 2.23. The minimum Gasteiger partial charge on any atom is -0.387 e. The molecule has 0 aliphatic heterocycles. The van der Waals surface area contributed by atoms with Crippen LogP contribution >= 0.6 is 15.9 Å². The largest absolute Gasteiger partial charge is 0.387 e. The van der Waals surface area contributed by atoms with Gasteiger partial charge in [-0.25, -0.2) is 0 Å². The maximum atomic E-state index is 11.3. The molecule has 0 amide bonds. The summed E-state index contributed by atoms with van der Waals surface area (Å²) in [5, 5.41) is 9.82. The highest BCUT2D eigenvalue weighted by molar-refractivity contribution is 9.10. The zero-order valence-electron chi connectivity index (χ0n) is 7.98. The van der Waals surface area contributed by atoms with Crippen LogP contribution in [0.15, 0.2) is 30.3 Å². The Hall–Kier alpha value is -0.670. The van der Waals surface area contributed by atoms with Crippen LogP contribution in [0.4, 0.5) is 0 Å². The Balaban J connectivity index is 2.75. The van der Waals surface area contributed by atoms with Gasteiger partial charge in [-0.2, -0.15) is 0 Å². The van der Waals surface area contributed by atoms with Crippen LogP contribution in [0.25, 0.3) is 0 Å². The number of aliphatic hydroxyl groups excluding tert-OH is 1. The van der Waals surface area contributed by atoms with E-state index < -0.39 is 10.9 Å². The summed E-state index contributed by atoms with van der Waals surface area (Å²) < 4.78 is 0. The Kier molecular flexibility index (Phi) is 4.29. The van der Waals surface area contributed by atoms with E-state index in [0.717, 1.165) is 5.56 Å². The first-order chi connectivity index (χ1) is 6.66. The van der Waals surface area contributed by atoms with Gasteiger partial charge in [-0.3, -0.25) is 4.79 Å². The summed E-state index contributed by atoms with van der Waals surface area (Å²) >= 11 is 3.21. The molecule has 0 unspecified atom stereocenters. The summed E-state index contributed by atoms with van der Waals surface area (Å²) in [6.45, 7) is 1.79. The quantitative estimate of drug-likeness (QED) is 0.841. The molecule has 1 N–H and O–H groups in total. The Morgan fingerprint density at radius 2 is 2.00 bits per heavy atom. The smallest absolute Gasteiger partial charge is 0.149 e. The molecule has 2 atom stereocenters. The number of alkyl halides is 1. The molecular weight excluding hydrogens is 244 g/mol. The van der Waals surface area contributed by atoms with Crippen molar-refractivity contribution < 1.29 is 9.90 Å². The van der Waals surface area contributed by atoms with Crippen LogP contribution < -0.4 is 0 Å². The third kappa shape index (κ3) is 2.66. The summed E-state index contributed by atoms with van der Waals surface area (Å²) in [6, 6.07) is 9.17. The fourth-order valence-electron chi connectivity index (χ4n) is 1.19. The number of hydrogen-bond donors (Lipinski definition) is 1. The minimum atomic E-state index is -0.761. The van der Waals surface area contributed by atoms with Crippen molar-refractivity contribution in [2.75, 3.05) is 0 Å². The van der Waals surface area contributed by atoms with Crippen LogP contribution in [0.5, 0.6) is 0 Å². The van der Waals surface area contributed by atoms with E-state index in [1.54, 1.807) is 6.92 Å². The van der Waals surface area contributed by atoms with E-state index in [1.165, 1.54) is 0 Å². The van der Waals surface area contributed by atoms with Crippen molar-refractivity contribution in [3.05, 3.63) is 35.9 Å². The number of ketones is 1.